The molecule has 130 valence electrons. The highest BCUT2D eigenvalue weighted by Crippen LogP contribution is 2.42. The summed E-state index contributed by atoms with van der Waals surface area (Å²) in [6, 6.07) is 8.05. The van der Waals surface area contributed by atoms with Crippen molar-refractivity contribution in [2.75, 3.05) is 20.2 Å². The van der Waals surface area contributed by atoms with Gasteiger partial charge in [0.1, 0.15) is 11.4 Å². The number of nitrogens with zero attached hydrogens (tertiary/aromatic N) is 1. The van der Waals surface area contributed by atoms with Crippen LogP contribution >= 0.6 is 0 Å². The Labute approximate surface area is 144 Å². The van der Waals surface area contributed by atoms with Gasteiger partial charge < -0.3 is 14.4 Å². The number of methoxy groups -OCH3 is 1. The average molecular weight is 329 g/mol. The Morgan fingerprint density at radius 1 is 1.33 bits per heavy atom. The fourth-order valence-electron chi connectivity index (χ4n) is 3.46. The van der Waals surface area contributed by atoms with Gasteiger partial charge in [0, 0.05) is 18.7 Å². The third kappa shape index (κ3) is 3.42. The molecule has 0 aliphatic carbocycles. The van der Waals surface area contributed by atoms with E-state index >= 15 is 0 Å². The molecule has 2 aliphatic rings. The van der Waals surface area contributed by atoms with E-state index in [1.165, 1.54) is 5.70 Å². The second-order valence-corrected chi connectivity index (χ2v) is 7.94. The summed E-state index contributed by atoms with van der Waals surface area (Å²) in [6.45, 7) is 7.58. The molecular weight excluding hydrogens is 302 g/mol. The molecule has 0 N–H and O–H groups in total. The number of esters is 1. The van der Waals surface area contributed by atoms with E-state index < -0.39 is 5.41 Å². The number of fused-ring (bicyclic) bond motifs is 2. The zero-order chi connectivity index (χ0) is 17.4. The number of hydrogen-bond acceptors (Lipinski definition) is 4. The van der Waals surface area contributed by atoms with Crippen LogP contribution in [0.2, 0.25) is 0 Å². The Balaban J connectivity index is 1.82. The van der Waals surface area contributed by atoms with Crippen molar-refractivity contribution in [1.29, 1.82) is 0 Å². The maximum atomic E-state index is 12.4. The van der Waals surface area contributed by atoms with Crippen molar-refractivity contribution in [3.63, 3.8) is 0 Å². The van der Waals surface area contributed by atoms with Gasteiger partial charge >= 0.3 is 5.97 Å². The van der Waals surface area contributed by atoms with E-state index in [0.29, 0.717) is 0 Å². The van der Waals surface area contributed by atoms with Crippen LogP contribution < -0.4 is 4.74 Å². The molecule has 3 rings (SSSR count). The SMILES string of the molecule is COc1cccc(/C=C2\CC3(OC(=O)C(C)(C)C)CCCN2C3)c1. The van der Waals surface area contributed by atoms with Gasteiger partial charge in [-0.3, -0.25) is 4.79 Å². The number of piperidine rings is 1. The van der Waals surface area contributed by atoms with Crippen molar-refractivity contribution >= 4 is 12.0 Å². The molecule has 2 aliphatic heterocycles. The number of carbonyl (C=O) groups excluding carboxylic acids is 1. The summed E-state index contributed by atoms with van der Waals surface area (Å²) in [5.74, 6) is 0.751. The molecule has 0 radical (unpaired) electrons. The van der Waals surface area contributed by atoms with Gasteiger partial charge in [-0.2, -0.15) is 0 Å². The smallest absolute Gasteiger partial charge is 0.311 e. The normalized spacial score (nSPS) is 25.0. The highest BCUT2D eigenvalue weighted by atomic mass is 16.6. The quantitative estimate of drug-likeness (QED) is 0.789. The number of rotatable bonds is 3. The summed E-state index contributed by atoms with van der Waals surface area (Å²) in [4.78, 5) is 14.7. The maximum Gasteiger partial charge on any atom is 0.311 e. The third-order valence-corrected chi connectivity index (χ3v) is 4.80. The van der Waals surface area contributed by atoms with Crippen LogP contribution in [0.5, 0.6) is 5.75 Å². The lowest BCUT2D eigenvalue weighted by Gasteiger charge is -2.35. The molecule has 1 atom stereocenters. The van der Waals surface area contributed by atoms with E-state index in [-0.39, 0.29) is 11.6 Å². The predicted molar refractivity (Wildman–Crippen MR) is 94.7 cm³/mol. The van der Waals surface area contributed by atoms with Crippen LogP contribution in [0.1, 0.15) is 45.6 Å². The molecule has 4 nitrogen and oxygen atoms in total. The lowest BCUT2D eigenvalue weighted by molar-refractivity contribution is -0.170. The van der Waals surface area contributed by atoms with Crippen molar-refractivity contribution < 1.29 is 14.3 Å². The van der Waals surface area contributed by atoms with Crippen molar-refractivity contribution in [3.05, 3.63) is 35.5 Å². The number of hydrogen-bond donors (Lipinski definition) is 0. The van der Waals surface area contributed by atoms with Crippen molar-refractivity contribution in [2.45, 2.75) is 45.6 Å². The van der Waals surface area contributed by atoms with E-state index in [9.17, 15) is 4.79 Å². The Bertz CT molecular complexity index is 659. The van der Waals surface area contributed by atoms with Crippen LogP contribution in [0.25, 0.3) is 6.08 Å². The topological polar surface area (TPSA) is 38.8 Å². The Kier molecular flexibility index (Phi) is 4.33. The standard InChI is InChI=1S/C20H27NO3/c1-19(2,3)18(22)24-20-9-6-10-21(14-20)16(13-20)11-15-7-5-8-17(12-15)23-4/h5,7-8,11-12H,6,9-10,13-14H2,1-4H3/b16-11+. The summed E-state index contributed by atoms with van der Waals surface area (Å²) in [5, 5.41) is 0. The van der Waals surface area contributed by atoms with Gasteiger partial charge in [-0.1, -0.05) is 12.1 Å². The zero-order valence-electron chi connectivity index (χ0n) is 15.1. The number of benzene rings is 1. The first-order chi connectivity index (χ1) is 11.3. The monoisotopic (exact) mass is 329 g/mol. The minimum Gasteiger partial charge on any atom is -0.497 e. The largest absolute Gasteiger partial charge is 0.497 e. The summed E-state index contributed by atoms with van der Waals surface area (Å²) >= 11 is 0. The fraction of sp³-hybridized carbons (Fsp3) is 0.550. The molecule has 1 aromatic rings. The van der Waals surface area contributed by atoms with E-state index in [0.717, 1.165) is 43.7 Å². The first kappa shape index (κ1) is 16.9. The molecule has 1 unspecified atom stereocenters. The van der Waals surface area contributed by atoms with E-state index in [1.807, 2.05) is 39.0 Å². The van der Waals surface area contributed by atoms with Crippen molar-refractivity contribution in [2.24, 2.45) is 5.41 Å². The second kappa shape index (κ2) is 6.15. The lowest BCUT2D eigenvalue weighted by Crippen LogP contribution is -2.44. The first-order valence-corrected chi connectivity index (χ1v) is 8.64. The number of carbonyl (C=O) groups is 1. The van der Waals surface area contributed by atoms with Gasteiger partial charge in [-0.15, -0.1) is 0 Å². The highest BCUT2D eigenvalue weighted by molar-refractivity contribution is 5.76. The minimum atomic E-state index is -0.462. The maximum absolute atomic E-state index is 12.4. The first-order valence-electron chi connectivity index (χ1n) is 8.64. The molecule has 2 saturated heterocycles. The summed E-state index contributed by atoms with van der Waals surface area (Å²) in [6.07, 6.45) is 5.00. The molecule has 0 spiro atoms. The van der Waals surface area contributed by atoms with Crippen LogP contribution in [-0.2, 0) is 9.53 Å². The Hall–Kier alpha value is -1.97. The molecule has 4 heteroatoms. The van der Waals surface area contributed by atoms with Crippen LogP contribution in [0, 0.1) is 5.41 Å². The van der Waals surface area contributed by atoms with Gasteiger partial charge in [-0.25, -0.2) is 0 Å². The minimum absolute atomic E-state index is 0.105. The summed E-state index contributed by atoms with van der Waals surface area (Å²) in [7, 11) is 1.68. The van der Waals surface area contributed by atoms with Crippen molar-refractivity contribution in [3.8, 4) is 5.75 Å². The van der Waals surface area contributed by atoms with Gasteiger partial charge in [0.2, 0.25) is 0 Å². The van der Waals surface area contributed by atoms with Gasteiger partial charge in [0.25, 0.3) is 0 Å². The van der Waals surface area contributed by atoms with Gasteiger partial charge in [-0.05, 0) is 57.4 Å². The predicted octanol–water partition coefficient (Wildman–Crippen LogP) is 3.86. The number of ether oxygens (including phenoxy) is 2. The summed E-state index contributed by atoms with van der Waals surface area (Å²) in [5.41, 5.74) is 1.56. The Morgan fingerprint density at radius 2 is 2.12 bits per heavy atom. The third-order valence-electron chi connectivity index (χ3n) is 4.80. The van der Waals surface area contributed by atoms with E-state index in [4.69, 9.17) is 9.47 Å². The molecule has 0 amide bonds. The molecule has 2 fully saturated rings. The van der Waals surface area contributed by atoms with Gasteiger partial charge in [0.15, 0.2) is 0 Å². The second-order valence-electron chi connectivity index (χ2n) is 7.94. The van der Waals surface area contributed by atoms with Crippen molar-refractivity contribution in [1.82, 2.24) is 4.90 Å². The van der Waals surface area contributed by atoms with Crippen LogP contribution in [0.15, 0.2) is 30.0 Å². The molecular formula is C20H27NO3. The van der Waals surface area contributed by atoms with E-state index in [1.54, 1.807) is 7.11 Å². The molecule has 2 bridgehead atoms. The highest BCUT2D eigenvalue weighted by Gasteiger charge is 2.47. The van der Waals surface area contributed by atoms with Crippen LogP contribution in [0.3, 0.4) is 0 Å². The van der Waals surface area contributed by atoms with Gasteiger partial charge in [0.05, 0.1) is 19.1 Å². The summed E-state index contributed by atoms with van der Waals surface area (Å²) < 4.78 is 11.3. The average Bonchev–Trinajstić information content (AvgIpc) is 2.76. The zero-order valence-corrected chi connectivity index (χ0v) is 15.1. The lowest BCUT2D eigenvalue weighted by atomic mass is 9.92. The molecule has 24 heavy (non-hydrogen) atoms. The van der Waals surface area contributed by atoms with E-state index in [2.05, 4.69) is 17.0 Å². The molecule has 0 aromatic heterocycles. The fourth-order valence-corrected chi connectivity index (χ4v) is 3.46. The van der Waals surface area contributed by atoms with Crippen LogP contribution in [0.4, 0.5) is 0 Å². The van der Waals surface area contributed by atoms with Crippen LogP contribution in [-0.4, -0.2) is 36.7 Å². The molecule has 2 heterocycles. The Morgan fingerprint density at radius 3 is 2.83 bits per heavy atom. The molecule has 0 saturated carbocycles. The molecule has 1 aromatic carbocycles.